The maximum Gasteiger partial charge on any atom is 0.312 e. The average molecular weight is 251 g/mol. The predicted octanol–water partition coefficient (Wildman–Crippen LogP) is 0.427. The lowest BCUT2D eigenvalue weighted by molar-refractivity contribution is -0.384. The third kappa shape index (κ3) is 1.99. The minimum Gasteiger partial charge on any atom is -0.481 e. The molecule has 18 heavy (non-hydrogen) atoms. The van der Waals surface area contributed by atoms with Crippen molar-refractivity contribution in [2.24, 2.45) is 5.92 Å². The summed E-state index contributed by atoms with van der Waals surface area (Å²) >= 11 is 0. The molecule has 2 heterocycles. The Morgan fingerprint density at radius 1 is 1.61 bits per heavy atom. The molecule has 1 amide bonds. The van der Waals surface area contributed by atoms with E-state index < -0.39 is 22.7 Å². The maximum atomic E-state index is 11.7. The van der Waals surface area contributed by atoms with E-state index in [-0.39, 0.29) is 24.5 Å². The van der Waals surface area contributed by atoms with Gasteiger partial charge in [0.2, 0.25) is 11.7 Å². The van der Waals surface area contributed by atoms with E-state index in [1.54, 1.807) is 0 Å². The summed E-state index contributed by atoms with van der Waals surface area (Å²) in [6, 6.07) is 2.61. The number of hydrogen-bond acceptors (Lipinski definition) is 5. The van der Waals surface area contributed by atoms with E-state index in [0.29, 0.717) is 0 Å². The van der Waals surface area contributed by atoms with Crippen LogP contribution in [-0.4, -0.2) is 33.4 Å². The molecule has 94 valence electrons. The molecule has 1 N–H and O–H groups in total. The fourth-order valence-corrected chi connectivity index (χ4v) is 1.82. The number of aromatic nitrogens is 1. The number of amides is 1. The highest BCUT2D eigenvalue weighted by molar-refractivity contribution is 5.99. The quantitative estimate of drug-likeness (QED) is 0.615. The third-order valence-electron chi connectivity index (χ3n) is 2.69. The highest BCUT2D eigenvalue weighted by Crippen LogP contribution is 2.30. The summed E-state index contributed by atoms with van der Waals surface area (Å²) in [5, 5.41) is 19.7. The topological polar surface area (TPSA) is 114 Å². The van der Waals surface area contributed by atoms with Crippen molar-refractivity contribution >= 4 is 23.4 Å². The Bertz CT molecular complexity index is 530. The molecule has 1 unspecified atom stereocenters. The molecular weight excluding hydrogens is 242 g/mol. The number of carboxylic acids is 1. The molecule has 1 atom stereocenters. The average Bonchev–Trinajstić information content (AvgIpc) is 2.71. The molecule has 0 spiro atoms. The van der Waals surface area contributed by atoms with E-state index in [4.69, 9.17) is 5.11 Å². The number of hydrogen-bond donors (Lipinski definition) is 1. The monoisotopic (exact) mass is 251 g/mol. The molecule has 1 aliphatic heterocycles. The lowest BCUT2D eigenvalue weighted by atomic mass is 10.1. The number of carbonyl (C=O) groups excluding carboxylic acids is 1. The van der Waals surface area contributed by atoms with Crippen LogP contribution in [0.2, 0.25) is 0 Å². The summed E-state index contributed by atoms with van der Waals surface area (Å²) in [6.07, 6.45) is 1.16. The zero-order valence-corrected chi connectivity index (χ0v) is 9.15. The molecule has 1 saturated heterocycles. The van der Waals surface area contributed by atoms with Crippen molar-refractivity contribution in [2.75, 3.05) is 11.4 Å². The molecule has 1 fully saturated rings. The van der Waals surface area contributed by atoms with Crippen LogP contribution in [0.15, 0.2) is 18.3 Å². The Kier molecular flexibility index (Phi) is 2.92. The second-order valence-corrected chi connectivity index (χ2v) is 3.85. The van der Waals surface area contributed by atoms with E-state index >= 15 is 0 Å². The van der Waals surface area contributed by atoms with Gasteiger partial charge in [-0.25, -0.2) is 4.98 Å². The normalized spacial score (nSPS) is 19.0. The van der Waals surface area contributed by atoms with Crippen LogP contribution in [0, 0.1) is 16.0 Å². The zero-order valence-electron chi connectivity index (χ0n) is 9.15. The number of pyridine rings is 1. The number of carboxylic acid groups (broad SMARTS) is 1. The first kappa shape index (κ1) is 12.0. The lowest BCUT2D eigenvalue weighted by Crippen LogP contribution is -2.27. The standard InChI is InChI=1S/C10H9N3O5/c14-8-4-6(10(15)16)5-12(8)9-7(13(17)18)2-1-3-11-9/h1-3,6H,4-5H2,(H,15,16). The molecule has 8 heteroatoms. The van der Waals surface area contributed by atoms with Gasteiger partial charge in [-0.1, -0.05) is 0 Å². The van der Waals surface area contributed by atoms with Crippen molar-refractivity contribution in [2.45, 2.75) is 6.42 Å². The molecule has 0 aromatic carbocycles. The zero-order chi connectivity index (χ0) is 13.3. The summed E-state index contributed by atoms with van der Waals surface area (Å²) < 4.78 is 0. The number of nitrogens with zero attached hydrogens (tertiary/aromatic N) is 3. The first-order chi connectivity index (χ1) is 8.50. The number of nitro groups is 1. The van der Waals surface area contributed by atoms with Crippen molar-refractivity contribution in [3.8, 4) is 0 Å². The Morgan fingerprint density at radius 3 is 2.89 bits per heavy atom. The second-order valence-electron chi connectivity index (χ2n) is 3.85. The third-order valence-corrected chi connectivity index (χ3v) is 2.69. The van der Waals surface area contributed by atoms with Crippen molar-refractivity contribution in [3.05, 3.63) is 28.4 Å². The van der Waals surface area contributed by atoms with Crippen molar-refractivity contribution in [3.63, 3.8) is 0 Å². The van der Waals surface area contributed by atoms with Gasteiger partial charge in [0, 0.05) is 25.2 Å². The van der Waals surface area contributed by atoms with Gasteiger partial charge in [-0.3, -0.25) is 24.6 Å². The summed E-state index contributed by atoms with van der Waals surface area (Å²) in [7, 11) is 0. The van der Waals surface area contributed by atoms with E-state index in [1.165, 1.54) is 18.3 Å². The Morgan fingerprint density at radius 2 is 2.33 bits per heavy atom. The summed E-state index contributed by atoms with van der Waals surface area (Å²) in [5.41, 5.74) is -0.308. The predicted molar refractivity (Wildman–Crippen MR) is 59.0 cm³/mol. The lowest BCUT2D eigenvalue weighted by Gasteiger charge is -2.14. The van der Waals surface area contributed by atoms with Crippen molar-refractivity contribution in [1.82, 2.24) is 4.98 Å². The molecule has 1 aromatic rings. The van der Waals surface area contributed by atoms with Gasteiger partial charge in [-0.2, -0.15) is 0 Å². The fourth-order valence-electron chi connectivity index (χ4n) is 1.82. The first-order valence-corrected chi connectivity index (χ1v) is 5.13. The second kappa shape index (κ2) is 4.40. The van der Waals surface area contributed by atoms with Crippen LogP contribution >= 0.6 is 0 Å². The maximum absolute atomic E-state index is 11.7. The largest absolute Gasteiger partial charge is 0.481 e. The van der Waals surface area contributed by atoms with E-state index in [9.17, 15) is 19.7 Å². The molecule has 8 nitrogen and oxygen atoms in total. The van der Waals surface area contributed by atoms with Crippen LogP contribution in [-0.2, 0) is 9.59 Å². The number of aliphatic carboxylic acids is 1. The molecule has 0 bridgehead atoms. The van der Waals surface area contributed by atoms with Gasteiger partial charge >= 0.3 is 11.7 Å². The minimum atomic E-state index is -1.09. The molecule has 1 aromatic heterocycles. The Hall–Kier alpha value is -2.51. The fraction of sp³-hybridized carbons (Fsp3) is 0.300. The van der Waals surface area contributed by atoms with Crippen LogP contribution in [0.1, 0.15) is 6.42 Å². The first-order valence-electron chi connectivity index (χ1n) is 5.13. The molecule has 0 radical (unpaired) electrons. The highest BCUT2D eigenvalue weighted by Gasteiger charge is 2.38. The van der Waals surface area contributed by atoms with Gasteiger partial charge in [0.1, 0.15) is 0 Å². The molecule has 1 aliphatic rings. The smallest absolute Gasteiger partial charge is 0.312 e. The van der Waals surface area contributed by atoms with Crippen LogP contribution in [0.4, 0.5) is 11.5 Å². The van der Waals surface area contributed by atoms with E-state index in [0.717, 1.165) is 4.90 Å². The van der Waals surface area contributed by atoms with Crippen molar-refractivity contribution < 1.29 is 19.6 Å². The van der Waals surface area contributed by atoms with Gasteiger partial charge in [-0.15, -0.1) is 0 Å². The van der Waals surface area contributed by atoms with Gasteiger partial charge < -0.3 is 5.11 Å². The van der Waals surface area contributed by atoms with Crippen LogP contribution in [0.25, 0.3) is 0 Å². The number of rotatable bonds is 3. The van der Waals surface area contributed by atoms with Gasteiger partial charge in [0.05, 0.1) is 10.8 Å². The van der Waals surface area contributed by atoms with E-state index in [1.807, 2.05) is 0 Å². The molecule has 2 rings (SSSR count). The minimum absolute atomic E-state index is 0.0913. The molecular formula is C10H9N3O5. The molecule has 0 aliphatic carbocycles. The summed E-state index contributed by atoms with van der Waals surface area (Å²) in [5.74, 6) is -2.51. The van der Waals surface area contributed by atoms with Crippen molar-refractivity contribution in [1.29, 1.82) is 0 Å². The van der Waals surface area contributed by atoms with Gasteiger partial charge in [0.25, 0.3) is 0 Å². The summed E-state index contributed by atoms with van der Waals surface area (Å²) in [4.78, 5) is 37.5. The Balaban J connectivity index is 2.35. The number of anilines is 1. The summed E-state index contributed by atoms with van der Waals surface area (Å²) in [6.45, 7) is -0.0913. The van der Waals surface area contributed by atoms with Crippen LogP contribution < -0.4 is 4.90 Å². The SMILES string of the molecule is O=C(O)C1CC(=O)N(c2ncccc2[N+](=O)[O-])C1. The molecule has 0 saturated carbocycles. The highest BCUT2D eigenvalue weighted by atomic mass is 16.6. The number of carbonyl (C=O) groups is 2. The van der Waals surface area contributed by atoms with Crippen LogP contribution in [0.3, 0.4) is 0 Å². The van der Waals surface area contributed by atoms with E-state index in [2.05, 4.69) is 4.98 Å². The van der Waals surface area contributed by atoms with Gasteiger partial charge in [0.15, 0.2) is 0 Å². The Labute approximate surface area is 101 Å². The van der Waals surface area contributed by atoms with Crippen LogP contribution in [0.5, 0.6) is 0 Å². The van der Waals surface area contributed by atoms with Gasteiger partial charge in [-0.05, 0) is 6.07 Å².